The van der Waals surface area contributed by atoms with Crippen molar-refractivity contribution < 1.29 is 9.53 Å². The van der Waals surface area contributed by atoms with E-state index in [-0.39, 0.29) is 11.3 Å². The molecule has 4 rings (SSSR count). The monoisotopic (exact) mass is 383 g/mol. The summed E-state index contributed by atoms with van der Waals surface area (Å²) in [6.45, 7) is 4.68. The van der Waals surface area contributed by atoms with Gasteiger partial charge in [0.2, 0.25) is 5.88 Å². The number of rotatable bonds is 4. The van der Waals surface area contributed by atoms with Crippen LogP contribution in [0.5, 0.6) is 5.88 Å². The van der Waals surface area contributed by atoms with Crippen LogP contribution >= 0.6 is 0 Å². The molecule has 2 aliphatic heterocycles. The zero-order valence-electron chi connectivity index (χ0n) is 16.8. The molecule has 0 bridgehead atoms. The fraction of sp³-hybridized carbons (Fsp3) is 0.571. The largest absolute Gasteiger partial charge is 0.481 e. The maximum atomic E-state index is 13.1. The number of aryl methyl sites for hydroxylation is 1. The van der Waals surface area contributed by atoms with E-state index < -0.39 is 0 Å². The molecule has 0 saturated carbocycles. The van der Waals surface area contributed by atoms with Crippen molar-refractivity contribution in [3.63, 3.8) is 0 Å². The predicted molar refractivity (Wildman–Crippen MR) is 106 cm³/mol. The average molecular weight is 383 g/mol. The second-order valence-corrected chi connectivity index (χ2v) is 8.16. The van der Waals surface area contributed by atoms with Crippen LogP contribution in [0, 0.1) is 5.41 Å². The molecule has 150 valence electrons. The maximum absolute atomic E-state index is 13.1. The Bertz CT molecular complexity index is 832. The van der Waals surface area contributed by atoms with Crippen molar-refractivity contribution in [1.29, 1.82) is 0 Å². The summed E-state index contributed by atoms with van der Waals surface area (Å²) in [4.78, 5) is 21.9. The highest BCUT2D eigenvalue weighted by Gasteiger charge is 2.40. The van der Waals surface area contributed by atoms with E-state index in [1.165, 1.54) is 25.0 Å². The first-order valence-electron chi connectivity index (χ1n) is 10.1. The number of aromatic nitrogens is 3. The van der Waals surface area contributed by atoms with Crippen LogP contribution in [0.15, 0.2) is 30.5 Å². The summed E-state index contributed by atoms with van der Waals surface area (Å²) in [5.41, 5.74) is 1.89. The van der Waals surface area contributed by atoms with Gasteiger partial charge in [-0.3, -0.25) is 14.4 Å². The van der Waals surface area contributed by atoms with E-state index in [1.807, 2.05) is 28.9 Å². The molecule has 7 heteroatoms. The van der Waals surface area contributed by atoms with Gasteiger partial charge in [0.1, 0.15) is 5.69 Å². The SMILES string of the molecule is COc1cccc(C(=O)N2CCCC3(CCCN(Cc4ccnn4C)C3)C2)n1. The van der Waals surface area contributed by atoms with Gasteiger partial charge in [-0.25, -0.2) is 4.98 Å². The van der Waals surface area contributed by atoms with E-state index in [4.69, 9.17) is 4.74 Å². The lowest BCUT2D eigenvalue weighted by atomic mass is 9.73. The van der Waals surface area contributed by atoms with Crippen molar-refractivity contribution in [2.45, 2.75) is 32.2 Å². The van der Waals surface area contributed by atoms with Gasteiger partial charge < -0.3 is 9.64 Å². The van der Waals surface area contributed by atoms with Crippen LogP contribution in [0.2, 0.25) is 0 Å². The Labute approximate surface area is 166 Å². The van der Waals surface area contributed by atoms with E-state index in [9.17, 15) is 4.79 Å². The number of pyridine rings is 1. The molecular formula is C21H29N5O2. The highest BCUT2D eigenvalue weighted by molar-refractivity contribution is 5.92. The number of hydrogen-bond acceptors (Lipinski definition) is 5. The summed E-state index contributed by atoms with van der Waals surface area (Å²) in [5.74, 6) is 0.499. The number of piperidine rings is 2. The predicted octanol–water partition coefficient (Wildman–Crippen LogP) is 2.34. The van der Waals surface area contributed by atoms with Gasteiger partial charge in [-0.1, -0.05) is 6.07 Å². The summed E-state index contributed by atoms with van der Waals surface area (Å²) in [6.07, 6.45) is 6.46. The minimum atomic E-state index is 0.0155. The van der Waals surface area contributed by atoms with Crippen molar-refractivity contribution in [3.05, 3.63) is 41.9 Å². The van der Waals surface area contributed by atoms with Crippen LogP contribution in [0.25, 0.3) is 0 Å². The molecule has 2 aromatic heterocycles. The van der Waals surface area contributed by atoms with Crippen molar-refractivity contribution >= 4 is 5.91 Å². The molecule has 1 atom stereocenters. The second-order valence-electron chi connectivity index (χ2n) is 8.16. The topological polar surface area (TPSA) is 63.5 Å². The molecule has 2 saturated heterocycles. The van der Waals surface area contributed by atoms with E-state index in [2.05, 4.69) is 21.0 Å². The number of methoxy groups -OCH3 is 1. The molecule has 28 heavy (non-hydrogen) atoms. The molecule has 4 heterocycles. The number of likely N-dealkylation sites (tertiary alicyclic amines) is 2. The molecule has 2 aromatic rings. The number of ether oxygens (including phenoxy) is 1. The van der Waals surface area contributed by atoms with Crippen LogP contribution < -0.4 is 4.74 Å². The van der Waals surface area contributed by atoms with Crippen LogP contribution in [0.4, 0.5) is 0 Å². The molecule has 0 N–H and O–H groups in total. The smallest absolute Gasteiger partial charge is 0.272 e. The first-order valence-corrected chi connectivity index (χ1v) is 10.1. The molecule has 2 fully saturated rings. The average Bonchev–Trinajstić information content (AvgIpc) is 3.12. The Balaban J connectivity index is 1.46. The number of nitrogens with zero attached hydrogens (tertiary/aromatic N) is 5. The Kier molecular flexibility index (Phi) is 5.35. The van der Waals surface area contributed by atoms with Gasteiger partial charge in [0.15, 0.2) is 0 Å². The number of carbonyl (C=O) groups excluding carboxylic acids is 1. The Morgan fingerprint density at radius 3 is 2.75 bits per heavy atom. The van der Waals surface area contributed by atoms with Crippen LogP contribution in [-0.4, -0.2) is 63.8 Å². The highest BCUT2D eigenvalue weighted by Crippen LogP contribution is 2.39. The zero-order valence-corrected chi connectivity index (χ0v) is 16.8. The first kappa shape index (κ1) is 18.9. The standard InChI is InChI=1S/C21H29N5O2/c1-24-17(8-11-22-24)14-25-12-4-9-21(15-25)10-5-13-26(16-21)20(27)18-6-3-7-19(23-18)28-2/h3,6-8,11H,4-5,9-10,12-16H2,1-2H3. The lowest BCUT2D eigenvalue weighted by Gasteiger charge is -2.48. The fourth-order valence-electron chi connectivity index (χ4n) is 4.75. The molecule has 1 amide bonds. The van der Waals surface area contributed by atoms with Crippen molar-refractivity contribution in [3.8, 4) is 5.88 Å². The fourth-order valence-corrected chi connectivity index (χ4v) is 4.75. The Morgan fingerprint density at radius 2 is 2.00 bits per heavy atom. The van der Waals surface area contributed by atoms with Crippen LogP contribution in [0.1, 0.15) is 41.9 Å². The molecule has 2 aliphatic rings. The lowest BCUT2D eigenvalue weighted by Crippen LogP contribution is -2.53. The van der Waals surface area contributed by atoms with Crippen LogP contribution in [0.3, 0.4) is 0 Å². The number of amides is 1. The third-order valence-corrected chi connectivity index (χ3v) is 6.15. The third kappa shape index (κ3) is 3.90. The third-order valence-electron chi connectivity index (χ3n) is 6.15. The molecule has 0 aromatic carbocycles. The van der Waals surface area contributed by atoms with Gasteiger partial charge in [0.05, 0.1) is 12.8 Å². The molecule has 7 nitrogen and oxygen atoms in total. The highest BCUT2D eigenvalue weighted by atomic mass is 16.5. The summed E-state index contributed by atoms with van der Waals surface area (Å²) in [6, 6.07) is 7.47. The van der Waals surface area contributed by atoms with Crippen molar-refractivity contribution in [2.75, 3.05) is 33.3 Å². The quantitative estimate of drug-likeness (QED) is 0.811. The van der Waals surface area contributed by atoms with Gasteiger partial charge in [-0.2, -0.15) is 5.10 Å². The minimum Gasteiger partial charge on any atom is -0.481 e. The van der Waals surface area contributed by atoms with Gasteiger partial charge in [-0.05, 0) is 44.4 Å². The molecule has 0 aliphatic carbocycles. The summed E-state index contributed by atoms with van der Waals surface area (Å²) in [7, 11) is 3.57. The van der Waals surface area contributed by atoms with E-state index in [0.29, 0.717) is 11.6 Å². The van der Waals surface area contributed by atoms with Gasteiger partial charge in [-0.15, -0.1) is 0 Å². The zero-order chi connectivity index (χ0) is 19.6. The summed E-state index contributed by atoms with van der Waals surface area (Å²) in [5, 5.41) is 4.29. The van der Waals surface area contributed by atoms with Crippen LogP contribution in [-0.2, 0) is 13.6 Å². The maximum Gasteiger partial charge on any atom is 0.272 e. The Morgan fingerprint density at radius 1 is 1.18 bits per heavy atom. The number of hydrogen-bond donors (Lipinski definition) is 0. The summed E-state index contributed by atoms with van der Waals surface area (Å²) < 4.78 is 7.13. The van der Waals surface area contributed by atoms with Gasteiger partial charge >= 0.3 is 0 Å². The lowest BCUT2D eigenvalue weighted by molar-refractivity contribution is 0.0104. The molecule has 1 spiro atoms. The molecular weight excluding hydrogens is 354 g/mol. The minimum absolute atomic E-state index is 0.0155. The van der Waals surface area contributed by atoms with E-state index in [0.717, 1.165) is 39.1 Å². The van der Waals surface area contributed by atoms with Crippen molar-refractivity contribution in [2.24, 2.45) is 12.5 Å². The van der Waals surface area contributed by atoms with Gasteiger partial charge in [0.25, 0.3) is 5.91 Å². The van der Waals surface area contributed by atoms with E-state index in [1.54, 1.807) is 19.2 Å². The van der Waals surface area contributed by atoms with Crippen molar-refractivity contribution in [1.82, 2.24) is 24.6 Å². The second kappa shape index (κ2) is 7.91. The number of carbonyl (C=O) groups is 1. The van der Waals surface area contributed by atoms with Gasteiger partial charge in [0, 0.05) is 50.9 Å². The summed E-state index contributed by atoms with van der Waals surface area (Å²) >= 11 is 0. The molecule has 0 radical (unpaired) electrons. The molecule has 1 unspecified atom stereocenters. The first-order chi connectivity index (χ1) is 13.6. The normalized spacial score (nSPS) is 23.1. The van der Waals surface area contributed by atoms with E-state index >= 15 is 0 Å². The Hall–Kier alpha value is -2.41.